The number of hydrogen-bond acceptors (Lipinski definition) is 2. The lowest BCUT2D eigenvalue weighted by Gasteiger charge is -2.56. The summed E-state index contributed by atoms with van der Waals surface area (Å²) in [6.07, 6.45) is 7.39. The molecule has 1 aromatic carbocycles. The van der Waals surface area contributed by atoms with Crippen molar-refractivity contribution in [1.82, 2.24) is 0 Å². The molecule has 1 aromatic rings. The van der Waals surface area contributed by atoms with Gasteiger partial charge in [-0.25, -0.2) is 0 Å². The van der Waals surface area contributed by atoms with E-state index in [1.165, 1.54) is 17.5 Å². The van der Waals surface area contributed by atoms with Crippen molar-refractivity contribution in [2.75, 3.05) is 7.11 Å². The fourth-order valence-electron chi connectivity index (χ4n) is 5.85. The second-order valence-electron chi connectivity index (χ2n) is 8.23. The molecule has 0 amide bonds. The molecule has 3 aliphatic carbocycles. The third-order valence-corrected chi connectivity index (χ3v) is 7.28. The first-order chi connectivity index (χ1) is 10.9. The Kier molecular flexibility index (Phi) is 3.07. The van der Waals surface area contributed by atoms with Gasteiger partial charge in [0.05, 0.1) is 7.11 Å². The topological polar surface area (TPSA) is 26.3 Å². The van der Waals surface area contributed by atoms with Gasteiger partial charge in [-0.2, -0.15) is 0 Å². The summed E-state index contributed by atoms with van der Waals surface area (Å²) in [4.78, 5) is 12.8. The van der Waals surface area contributed by atoms with E-state index in [-0.39, 0.29) is 10.8 Å². The van der Waals surface area contributed by atoms with Crippen molar-refractivity contribution in [2.24, 2.45) is 22.7 Å². The van der Waals surface area contributed by atoms with Gasteiger partial charge >= 0.3 is 0 Å². The summed E-state index contributed by atoms with van der Waals surface area (Å²) in [5.74, 6) is 2.75. The van der Waals surface area contributed by atoms with Crippen LogP contribution in [0.5, 0.6) is 5.75 Å². The molecule has 2 nitrogen and oxygen atoms in total. The van der Waals surface area contributed by atoms with Crippen molar-refractivity contribution in [3.05, 3.63) is 41.5 Å². The van der Waals surface area contributed by atoms with E-state index in [2.05, 4.69) is 45.0 Å². The molecule has 0 unspecified atom stereocenters. The highest BCUT2D eigenvalue weighted by molar-refractivity contribution is 5.99. The molecule has 2 heteroatoms. The quantitative estimate of drug-likeness (QED) is 0.761. The maximum absolute atomic E-state index is 12.8. The smallest absolute Gasteiger partial charge is 0.162 e. The number of hydrogen-bond donors (Lipinski definition) is 0. The molecule has 1 fully saturated rings. The second kappa shape index (κ2) is 4.72. The van der Waals surface area contributed by atoms with Gasteiger partial charge in [0.2, 0.25) is 0 Å². The van der Waals surface area contributed by atoms with Crippen molar-refractivity contribution in [3.8, 4) is 5.75 Å². The lowest BCUT2D eigenvalue weighted by molar-refractivity contribution is -0.138. The number of rotatable bonds is 1. The van der Waals surface area contributed by atoms with Gasteiger partial charge in [0.25, 0.3) is 0 Å². The standard InChI is InChI=1S/C21H26O2/c1-13-11-14-12-15(23-4)5-6-16(14)17-7-9-20(2)10-8-18(22)21(20,3)19(13)17/h5-6,8,10,12-13,17,19H,7,9,11H2,1-4H3/t13-,17-,19-,20-,21-/m1/s1. The third-order valence-electron chi connectivity index (χ3n) is 7.28. The van der Waals surface area contributed by atoms with Crippen LogP contribution in [0.15, 0.2) is 30.4 Å². The zero-order chi connectivity index (χ0) is 16.4. The Morgan fingerprint density at radius 3 is 2.78 bits per heavy atom. The van der Waals surface area contributed by atoms with E-state index in [0.717, 1.165) is 18.6 Å². The number of ketones is 1. The number of benzene rings is 1. The Morgan fingerprint density at radius 1 is 1.26 bits per heavy atom. The molecule has 0 radical (unpaired) electrons. The molecule has 23 heavy (non-hydrogen) atoms. The first-order valence-corrected chi connectivity index (χ1v) is 8.81. The first-order valence-electron chi connectivity index (χ1n) is 8.81. The minimum Gasteiger partial charge on any atom is -0.497 e. The van der Waals surface area contributed by atoms with Crippen LogP contribution in [-0.4, -0.2) is 12.9 Å². The highest BCUT2D eigenvalue weighted by Crippen LogP contribution is 2.65. The van der Waals surface area contributed by atoms with Crippen LogP contribution in [0.4, 0.5) is 0 Å². The molecule has 5 atom stereocenters. The minimum absolute atomic E-state index is 0.0312. The largest absolute Gasteiger partial charge is 0.497 e. The van der Waals surface area contributed by atoms with Gasteiger partial charge < -0.3 is 4.74 Å². The Labute approximate surface area is 138 Å². The molecule has 0 aromatic heterocycles. The van der Waals surface area contributed by atoms with Crippen molar-refractivity contribution < 1.29 is 9.53 Å². The zero-order valence-corrected chi connectivity index (χ0v) is 14.6. The summed E-state index contributed by atoms with van der Waals surface area (Å²) in [5.41, 5.74) is 2.66. The molecule has 0 saturated heterocycles. The first kappa shape index (κ1) is 15.0. The summed E-state index contributed by atoms with van der Waals surface area (Å²) in [5, 5.41) is 0. The monoisotopic (exact) mass is 310 g/mol. The number of carbonyl (C=O) groups excluding carboxylic acids is 1. The maximum atomic E-state index is 12.8. The number of ether oxygens (including phenoxy) is 1. The Hall–Kier alpha value is -1.57. The summed E-state index contributed by atoms with van der Waals surface area (Å²) in [6, 6.07) is 6.53. The van der Waals surface area contributed by atoms with E-state index in [4.69, 9.17) is 4.74 Å². The summed E-state index contributed by atoms with van der Waals surface area (Å²) in [7, 11) is 1.73. The van der Waals surface area contributed by atoms with E-state index in [0.29, 0.717) is 23.5 Å². The Morgan fingerprint density at radius 2 is 2.04 bits per heavy atom. The van der Waals surface area contributed by atoms with Gasteiger partial charge in [-0.15, -0.1) is 0 Å². The molecule has 122 valence electrons. The lowest BCUT2D eigenvalue weighted by Crippen LogP contribution is -2.53. The van der Waals surface area contributed by atoms with Crippen molar-refractivity contribution in [1.29, 1.82) is 0 Å². The highest BCUT2D eigenvalue weighted by Gasteiger charge is 2.62. The average Bonchev–Trinajstić information content (AvgIpc) is 2.78. The number of fused-ring (bicyclic) bond motifs is 5. The number of allylic oxidation sites excluding steroid dienone is 2. The maximum Gasteiger partial charge on any atom is 0.162 e. The summed E-state index contributed by atoms with van der Waals surface area (Å²) in [6.45, 7) is 6.86. The van der Waals surface area contributed by atoms with Gasteiger partial charge in [-0.3, -0.25) is 4.79 Å². The third kappa shape index (κ3) is 1.78. The predicted molar refractivity (Wildman–Crippen MR) is 91.7 cm³/mol. The van der Waals surface area contributed by atoms with E-state index in [1.54, 1.807) is 7.11 Å². The average molecular weight is 310 g/mol. The van der Waals surface area contributed by atoms with E-state index in [9.17, 15) is 4.79 Å². The summed E-state index contributed by atoms with van der Waals surface area (Å²) >= 11 is 0. The van der Waals surface area contributed by atoms with Gasteiger partial charge in [0.1, 0.15) is 5.75 Å². The molecule has 0 bridgehead atoms. The fourth-order valence-corrected chi connectivity index (χ4v) is 5.85. The number of methoxy groups -OCH3 is 1. The highest BCUT2D eigenvalue weighted by atomic mass is 16.5. The van der Waals surface area contributed by atoms with Crippen LogP contribution in [0.2, 0.25) is 0 Å². The second-order valence-corrected chi connectivity index (χ2v) is 8.23. The molecular formula is C21H26O2. The molecule has 0 N–H and O–H groups in total. The minimum atomic E-state index is -0.243. The van der Waals surface area contributed by atoms with Crippen LogP contribution in [0.1, 0.15) is 50.7 Å². The predicted octanol–water partition coefficient (Wildman–Crippen LogP) is 4.53. The van der Waals surface area contributed by atoms with Crippen LogP contribution < -0.4 is 4.74 Å². The fraction of sp³-hybridized carbons (Fsp3) is 0.571. The molecule has 0 aliphatic heterocycles. The normalized spacial score (nSPS) is 41.2. The Balaban J connectivity index is 1.83. The van der Waals surface area contributed by atoms with E-state index >= 15 is 0 Å². The van der Waals surface area contributed by atoms with Gasteiger partial charge in [-0.1, -0.05) is 32.9 Å². The van der Waals surface area contributed by atoms with Gasteiger partial charge in [-0.05, 0) is 71.8 Å². The van der Waals surface area contributed by atoms with Crippen molar-refractivity contribution in [3.63, 3.8) is 0 Å². The van der Waals surface area contributed by atoms with Crippen LogP contribution >= 0.6 is 0 Å². The molecule has 3 aliphatic rings. The number of carbonyl (C=O) groups is 1. The SMILES string of the molecule is COc1ccc2c(c1)C[C@@H](C)[C@@H]1[C@@H]2CC[C@]2(C)C=CC(=O)[C@]12C. The van der Waals surface area contributed by atoms with Crippen LogP contribution in [0.25, 0.3) is 0 Å². The Bertz CT molecular complexity index is 704. The van der Waals surface area contributed by atoms with Crippen LogP contribution in [0.3, 0.4) is 0 Å². The summed E-state index contributed by atoms with van der Waals surface area (Å²) < 4.78 is 5.41. The molecule has 4 rings (SSSR count). The molecule has 0 heterocycles. The van der Waals surface area contributed by atoms with Crippen molar-refractivity contribution >= 4 is 5.78 Å². The zero-order valence-electron chi connectivity index (χ0n) is 14.6. The van der Waals surface area contributed by atoms with Crippen LogP contribution in [-0.2, 0) is 11.2 Å². The van der Waals surface area contributed by atoms with Gasteiger partial charge in [0, 0.05) is 5.41 Å². The van der Waals surface area contributed by atoms with Gasteiger partial charge in [0.15, 0.2) is 5.78 Å². The lowest BCUT2D eigenvalue weighted by atomic mass is 9.46. The van der Waals surface area contributed by atoms with Crippen molar-refractivity contribution in [2.45, 2.75) is 46.0 Å². The van der Waals surface area contributed by atoms with Crippen LogP contribution in [0, 0.1) is 22.7 Å². The van der Waals surface area contributed by atoms with E-state index < -0.39 is 0 Å². The molecule has 0 spiro atoms. The molecule has 1 saturated carbocycles. The molecular weight excluding hydrogens is 284 g/mol. The van der Waals surface area contributed by atoms with E-state index in [1.807, 2.05) is 6.08 Å².